The number of hydrogen-bond acceptors (Lipinski definition) is 0. The van der Waals surface area contributed by atoms with Crippen molar-refractivity contribution in [1.29, 1.82) is 0 Å². The molecule has 2 heteroatoms. The van der Waals surface area contributed by atoms with Crippen LogP contribution in [0.15, 0.2) is 37.4 Å². The minimum Gasteiger partial charge on any atom is -0.174 e. The van der Waals surface area contributed by atoms with Gasteiger partial charge in [0.1, 0.15) is 0 Å². The van der Waals surface area contributed by atoms with E-state index in [-0.39, 0.29) is 0 Å². The second-order valence-corrected chi connectivity index (χ2v) is 2.04. The highest BCUT2D eigenvalue weighted by atomic mass is 35.6. The summed E-state index contributed by atoms with van der Waals surface area (Å²) in [5, 5.41) is 0. The van der Waals surface area contributed by atoms with Crippen LogP contribution in [0.4, 0.5) is 0 Å². The average molecular weight is 194 g/mol. The van der Waals surface area contributed by atoms with Crippen LogP contribution in [-0.4, -0.2) is 9.55 Å². The van der Waals surface area contributed by atoms with Crippen molar-refractivity contribution in [3.63, 3.8) is 0 Å². The fraction of sp³-hybridized carbons (Fsp3) is 0. The maximum absolute atomic E-state index is 4.44. The van der Waals surface area contributed by atoms with Crippen molar-refractivity contribution in [3.8, 4) is 0 Å². The lowest BCUT2D eigenvalue weighted by molar-refractivity contribution is 1.62. The summed E-state index contributed by atoms with van der Waals surface area (Å²) in [5.74, 6) is 0. The lowest BCUT2D eigenvalue weighted by Gasteiger charge is -1.96. The Balaban J connectivity index is 0.000000561. The van der Waals surface area contributed by atoms with Crippen molar-refractivity contribution in [2.75, 3.05) is 0 Å². The van der Waals surface area contributed by atoms with Gasteiger partial charge in [0, 0.05) is 0 Å². The Labute approximate surface area is 81.7 Å². The van der Waals surface area contributed by atoms with E-state index in [0.717, 1.165) is 11.1 Å². The van der Waals surface area contributed by atoms with Crippen molar-refractivity contribution in [2.45, 2.75) is 0 Å². The van der Waals surface area contributed by atoms with Gasteiger partial charge in [-0.05, 0) is 11.1 Å². The van der Waals surface area contributed by atoms with Crippen LogP contribution >= 0.6 is 11.1 Å². The summed E-state index contributed by atoms with van der Waals surface area (Å²) in [6.07, 6.45) is 3.66. The highest BCUT2D eigenvalue weighted by Gasteiger charge is 1.89. The first kappa shape index (κ1) is 11.2. The van der Waals surface area contributed by atoms with Gasteiger partial charge >= 0.3 is 0 Å². The molecule has 0 saturated heterocycles. The van der Waals surface area contributed by atoms with Gasteiger partial charge in [-0.2, -0.15) is 11.1 Å². The van der Waals surface area contributed by atoms with E-state index in [4.69, 9.17) is 0 Å². The highest BCUT2D eigenvalue weighted by Crippen LogP contribution is 2.10. The number of halogens is 1. The van der Waals surface area contributed by atoms with Crippen molar-refractivity contribution in [1.82, 2.24) is 0 Å². The summed E-state index contributed by atoms with van der Waals surface area (Å²) in [6.45, 7) is 7.38. The van der Waals surface area contributed by atoms with Gasteiger partial charge in [0.2, 0.25) is 0 Å². The molecule has 1 aromatic rings. The van der Waals surface area contributed by atoms with E-state index in [1.807, 2.05) is 36.4 Å². The molecule has 0 aliphatic carbocycles. The molecular formula is C10H10ClSi. The normalized spacial score (nSPS) is 7.83. The Bertz CT molecular complexity index is 229. The first-order chi connectivity index (χ1) is 5.88. The molecule has 0 unspecified atom stereocenters. The maximum atomic E-state index is 4.44. The minimum atomic E-state index is 1.14. The van der Waals surface area contributed by atoms with Crippen LogP contribution in [-0.2, 0) is 0 Å². The first-order valence-corrected chi connectivity index (χ1v) is 4.92. The predicted molar refractivity (Wildman–Crippen MR) is 58.2 cm³/mol. The fourth-order valence-corrected chi connectivity index (χ4v) is 0.883. The molecule has 0 nitrogen and oxygen atoms in total. The molecular weight excluding hydrogens is 184 g/mol. The fourth-order valence-electron chi connectivity index (χ4n) is 0.883. The zero-order valence-corrected chi connectivity index (χ0v) is 8.51. The summed E-state index contributed by atoms with van der Waals surface area (Å²) in [4.78, 5) is 0. The Kier molecular flexibility index (Phi) is 6.43. The molecule has 0 amide bonds. The molecule has 0 aromatic heterocycles. The number of rotatable bonds is 2. The topological polar surface area (TPSA) is 0 Å². The van der Waals surface area contributed by atoms with Crippen LogP contribution in [0.1, 0.15) is 11.1 Å². The summed E-state index contributed by atoms with van der Waals surface area (Å²) >= 11 is 4.44. The number of hydrogen-bond donors (Lipinski definition) is 0. The summed E-state index contributed by atoms with van der Waals surface area (Å²) < 4.78 is 0. The SMILES string of the molecule is C=Cc1ccccc1C=C.[Si]Cl. The van der Waals surface area contributed by atoms with Gasteiger partial charge in [0.25, 0.3) is 0 Å². The van der Waals surface area contributed by atoms with Crippen LogP contribution < -0.4 is 0 Å². The average Bonchev–Trinajstić information content (AvgIpc) is 2.20. The molecule has 1 aromatic carbocycles. The number of benzene rings is 1. The molecule has 0 aliphatic rings. The highest BCUT2D eigenvalue weighted by molar-refractivity contribution is 6.80. The molecule has 3 radical (unpaired) electrons. The quantitative estimate of drug-likeness (QED) is 0.500. The Morgan fingerprint density at radius 3 is 1.58 bits per heavy atom. The Morgan fingerprint density at radius 1 is 1.00 bits per heavy atom. The molecule has 0 heterocycles. The van der Waals surface area contributed by atoms with Crippen LogP contribution in [0.3, 0.4) is 0 Å². The monoisotopic (exact) mass is 193 g/mol. The van der Waals surface area contributed by atoms with E-state index in [2.05, 4.69) is 33.8 Å². The van der Waals surface area contributed by atoms with Crippen molar-refractivity contribution in [2.24, 2.45) is 0 Å². The summed E-state index contributed by atoms with van der Waals surface area (Å²) in [5.41, 5.74) is 2.27. The lowest BCUT2D eigenvalue weighted by Crippen LogP contribution is -1.76. The molecule has 0 spiro atoms. The second kappa shape index (κ2) is 6.89. The minimum absolute atomic E-state index is 1.14. The van der Waals surface area contributed by atoms with E-state index in [9.17, 15) is 0 Å². The molecule has 0 aliphatic heterocycles. The third kappa shape index (κ3) is 3.07. The third-order valence-electron chi connectivity index (χ3n) is 1.44. The van der Waals surface area contributed by atoms with Crippen molar-refractivity contribution < 1.29 is 0 Å². The molecule has 0 atom stereocenters. The molecule has 0 saturated carbocycles. The van der Waals surface area contributed by atoms with Gasteiger partial charge in [-0.15, -0.1) is 0 Å². The van der Waals surface area contributed by atoms with Gasteiger partial charge in [-0.25, -0.2) is 0 Å². The van der Waals surface area contributed by atoms with Crippen LogP contribution in [0, 0.1) is 0 Å². The van der Waals surface area contributed by atoms with E-state index < -0.39 is 0 Å². The standard InChI is InChI=1S/C10H10.ClSi/c1-3-9-7-5-6-8-10(9)4-2;1-2/h3-8H,1-2H2;. The maximum Gasteiger partial charge on any atom is 0.174 e. The van der Waals surface area contributed by atoms with Gasteiger partial charge in [-0.1, -0.05) is 49.6 Å². The van der Waals surface area contributed by atoms with E-state index in [1.54, 1.807) is 0 Å². The molecule has 0 N–H and O–H groups in total. The van der Waals surface area contributed by atoms with Gasteiger partial charge in [0.05, 0.1) is 0 Å². The molecule has 61 valence electrons. The zero-order valence-electron chi connectivity index (χ0n) is 6.76. The smallest absolute Gasteiger partial charge is 0.174 e. The van der Waals surface area contributed by atoms with Crippen molar-refractivity contribution in [3.05, 3.63) is 48.6 Å². The van der Waals surface area contributed by atoms with Crippen LogP contribution in [0.5, 0.6) is 0 Å². The van der Waals surface area contributed by atoms with Crippen molar-refractivity contribution >= 4 is 32.8 Å². The molecule has 12 heavy (non-hydrogen) atoms. The summed E-state index contributed by atoms with van der Waals surface area (Å²) in [6, 6.07) is 8.02. The zero-order chi connectivity index (χ0) is 9.40. The lowest BCUT2D eigenvalue weighted by atomic mass is 10.1. The van der Waals surface area contributed by atoms with E-state index in [0.29, 0.717) is 0 Å². The molecule has 0 fully saturated rings. The van der Waals surface area contributed by atoms with Gasteiger partial charge < -0.3 is 0 Å². The van der Waals surface area contributed by atoms with Gasteiger partial charge in [-0.3, -0.25) is 0 Å². The summed E-state index contributed by atoms with van der Waals surface area (Å²) in [7, 11) is 2.44. The Hall–Kier alpha value is -0.793. The van der Waals surface area contributed by atoms with Gasteiger partial charge in [0.15, 0.2) is 9.55 Å². The first-order valence-electron chi connectivity index (χ1n) is 3.41. The Morgan fingerprint density at radius 2 is 1.33 bits per heavy atom. The van der Waals surface area contributed by atoms with Crippen LogP contribution in [0.25, 0.3) is 12.2 Å². The predicted octanol–water partition coefficient (Wildman–Crippen LogP) is 3.28. The molecule has 1 rings (SSSR count). The van der Waals surface area contributed by atoms with Crippen LogP contribution in [0.2, 0.25) is 0 Å². The van der Waals surface area contributed by atoms with E-state index >= 15 is 0 Å². The van der Waals surface area contributed by atoms with E-state index in [1.165, 1.54) is 0 Å². The molecule has 0 bridgehead atoms. The third-order valence-corrected chi connectivity index (χ3v) is 1.44. The largest absolute Gasteiger partial charge is 0.174 e. The second-order valence-electron chi connectivity index (χ2n) is 2.04.